The summed E-state index contributed by atoms with van der Waals surface area (Å²) >= 11 is 0. The van der Waals surface area contributed by atoms with Crippen molar-refractivity contribution >= 4 is 18.3 Å². The summed E-state index contributed by atoms with van der Waals surface area (Å²) in [7, 11) is 1.31. The molecule has 0 bridgehead atoms. The fourth-order valence-electron chi connectivity index (χ4n) is 2.27. The van der Waals surface area contributed by atoms with Gasteiger partial charge in [-0.15, -0.1) is 0 Å². The van der Waals surface area contributed by atoms with Gasteiger partial charge >= 0.3 is 5.97 Å². The maximum Gasteiger partial charge on any atom is 0.330 e. The fraction of sp³-hybridized carbons (Fsp3) is 0.722. The third-order valence-electron chi connectivity index (χ3n) is 3.54. The van der Waals surface area contributed by atoms with Gasteiger partial charge in [-0.05, 0) is 32.1 Å². The Kier molecular flexibility index (Phi) is 14.8. The molecule has 0 N–H and O–H groups in total. The maximum absolute atomic E-state index is 11.4. The molecule has 1 fully saturated rings. The number of unbranched alkanes of at least 4 members (excludes halogenated alkanes) is 4. The quantitative estimate of drug-likeness (QED) is 0.250. The van der Waals surface area contributed by atoms with Crippen molar-refractivity contribution in [2.75, 3.05) is 26.8 Å². The van der Waals surface area contributed by atoms with E-state index in [2.05, 4.69) is 11.7 Å². The molecule has 0 saturated carbocycles. The van der Waals surface area contributed by atoms with E-state index in [1.54, 1.807) is 0 Å². The van der Waals surface area contributed by atoms with E-state index in [1.165, 1.54) is 13.2 Å². The fourth-order valence-corrected chi connectivity index (χ4v) is 2.27. The summed E-state index contributed by atoms with van der Waals surface area (Å²) in [4.78, 5) is 33.6. The van der Waals surface area contributed by atoms with Gasteiger partial charge in [0.1, 0.15) is 0 Å². The van der Waals surface area contributed by atoms with Crippen LogP contribution in [0.1, 0.15) is 58.3 Å². The van der Waals surface area contributed by atoms with E-state index in [0.717, 1.165) is 64.5 Å². The van der Waals surface area contributed by atoms with Crippen molar-refractivity contribution in [3.8, 4) is 0 Å². The highest BCUT2D eigenvalue weighted by molar-refractivity contribution is 5.81. The topological polar surface area (TPSA) is 72.9 Å². The van der Waals surface area contributed by atoms with Crippen LogP contribution in [0.4, 0.5) is 0 Å². The zero-order valence-electron chi connectivity index (χ0n) is 15.0. The second-order valence-corrected chi connectivity index (χ2v) is 5.59. The number of hydrogen-bond acceptors (Lipinski definition) is 5. The lowest BCUT2D eigenvalue weighted by molar-refractivity contribution is -0.138. The first-order valence-electron chi connectivity index (χ1n) is 8.73. The van der Waals surface area contributed by atoms with Gasteiger partial charge < -0.3 is 14.4 Å². The van der Waals surface area contributed by atoms with Gasteiger partial charge in [-0.25, -0.2) is 4.79 Å². The first kappa shape index (κ1) is 22.1. The lowest BCUT2D eigenvalue weighted by atomic mass is 10.2. The minimum absolute atomic E-state index is 0.235. The van der Waals surface area contributed by atoms with Crippen LogP contribution < -0.4 is 0 Å². The van der Waals surface area contributed by atoms with Crippen LogP contribution >= 0.6 is 0 Å². The van der Waals surface area contributed by atoms with Crippen molar-refractivity contribution in [3.63, 3.8) is 0 Å². The number of esters is 1. The number of hydrogen-bond donors (Lipinski definition) is 0. The van der Waals surface area contributed by atoms with Crippen LogP contribution in [0.15, 0.2) is 12.2 Å². The van der Waals surface area contributed by atoms with Crippen molar-refractivity contribution in [2.45, 2.75) is 58.3 Å². The number of allylic oxidation sites excluding steroid dienone is 1. The number of amides is 1. The van der Waals surface area contributed by atoms with Crippen LogP contribution in [0.5, 0.6) is 0 Å². The van der Waals surface area contributed by atoms with E-state index in [1.807, 2.05) is 11.0 Å². The van der Waals surface area contributed by atoms with Crippen molar-refractivity contribution in [1.29, 1.82) is 0 Å². The Morgan fingerprint density at radius 3 is 2.54 bits per heavy atom. The first-order valence-corrected chi connectivity index (χ1v) is 8.73. The molecule has 1 amide bonds. The largest absolute Gasteiger partial charge is 0.471 e. The summed E-state index contributed by atoms with van der Waals surface area (Å²) < 4.78 is 8.96. The van der Waals surface area contributed by atoms with Crippen LogP contribution in [0.2, 0.25) is 0 Å². The monoisotopic (exact) mass is 341 g/mol. The third-order valence-corrected chi connectivity index (χ3v) is 3.54. The predicted octanol–water partition coefficient (Wildman–Crippen LogP) is 2.86. The smallest absolute Gasteiger partial charge is 0.330 e. The second kappa shape index (κ2) is 16.0. The molecule has 1 saturated heterocycles. The molecule has 0 radical (unpaired) electrons. The van der Waals surface area contributed by atoms with Crippen LogP contribution in [-0.2, 0) is 23.9 Å². The zero-order valence-corrected chi connectivity index (χ0v) is 15.0. The zero-order chi connectivity index (χ0) is 18.0. The summed E-state index contributed by atoms with van der Waals surface area (Å²) in [6.45, 7) is 4.77. The molecule has 6 heteroatoms. The summed E-state index contributed by atoms with van der Waals surface area (Å²) in [5.41, 5.74) is 0. The van der Waals surface area contributed by atoms with E-state index < -0.39 is 0 Å². The van der Waals surface area contributed by atoms with Gasteiger partial charge in [0.15, 0.2) is 0 Å². The Morgan fingerprint density at radius 1 is 1.25 bits per heavy atom. The van der Waals surface area contributed by atoms with Crippen LogP contribution in [0, 0.1) is 0 Å². The number of carbonyl (C=O) groups is 3. The Labute approximate surface area is 145 Å². The van der Waals surface area contributed by atoms with Crippen molar-refractivity contribution in [2.24, 2.45) is 0 Å². The molecule has 0 atom stereocenters. The molecular weight excluding hydrogens is 310 g/mol. The van der Waals surface area contributed by atoms with E-state index in [4.69, 9.17) is 9.53 Å². The lowest BCUT2D eigenvalue weighted by Gasteiger charge is -2.14. The SMILES string of the molecule is CCC/C=C\C(=O)OCCCCCCN1CCCC1=O.COC=O. The summed E-state index contributed by atoms with van der Waals surface area (Å²) in [6, 6.07) is 0. The van der Waals surface area contributed by atoms with Gasteiger partial charge in [-0.1, -0.05) is 25.8 Å². The Hall–Kier alpha value is -1.85. The molecule has 0 aromatic heterocycles. The first-order chi connectivity index (χ1) is 11.7. The summed E-state index contributed by atoms with van der Waals surface area (Å²) in [6.07, 6.45) is 11.2. The second-order valence-electron chi connectivity index (χ2n) is 5.59. The molecule has 0 aliphatic carbocycles. The van der Waals surface area contributed by atoms with Crippen molar-refractivity contribution in [1.82, 2.24) is 4.90 Å². The van der Waals surface area contributed by atoms with Crippen molar-refractivity contribution < 1.29 is 23.9 Å². The standard InChI is InChI=1S/C16H27NO3.C2H4O2/c1-2-3-6-11-16(19)20-14-8-5-4-7-12-17-13-9-10-15(17)18;1-4-2-3/h6,11H,2-5,7-10,12-14H2,1H3;2H,1H3/b11-6-;. The molecular formula is C18H31NO5. The van der Waals surface area contributed by atoms with Crippen LogP contribution in [-0.4, -0.2) is 50.1 Å². The number of rotatable bonds is 11. The molecule has 1 aliphatic heterocycles. The molecule has 0 aromatic carbocycles. The predicted molar refractivity (Wildman–Crippen MR) is 92.4 cm³/mol. The molecule has 1 rings (SSSR count). The molecule has 138 valence electrons. The molecule has 0 unspecified atom stereocenters. The average molecular weight is 341 g/mol. The Balaban J connectivity index is 0.00000118. The number of likely N-dealkylation sites (tertiary alicyclic amines) is 1. The normalized spacial score (nSPS) is 13.6. The van der Waals surface area contributed by atoms with Gasteiger partial charge in [0.05, 0.1) is 13.7 Å². The molecule has 6 nitrogen and oxygen atoms in total. The Morgan fingerprint density at radius 2 is 1.96 bits per heavy atom. The highest BCUT2D eigenvalue weighted by atomic mass is 16.5. The maximum atomic E-state index is 11.4. The highest BCUT2D eigenvalue weighted by Gasteiger charge is 2.18. The van der Waals surface area contributed by atoms with Crippen LogP contribution in [0.25, 0.3) is 0 Å². The average Bonchev–Trinajstić information content (AvgIpc) is 2.99. The van der Waals surface area contributed by atoms with Gasteiger partial charge in [0, 0.05) is 25.6 Å². The minimum atomic E-state index is -0.235. The highest BCUT2D eigenvalue weighted by Crippen LogP contribution is 2.11. The molecule has 24 heavy (non-hydrogen) atoms. The minimum Gasteiger partial charge on any atom is -0.471 e. The van der Waals surface area contributed by atoms with Crippen LogP contribution in [0.3, 0.4) is 0 Å². The number of nitrogens with zero attached hydrogens (tertiary/aromatic N) is 1. The number of methoxy groups -OCH3 is 1. The van der Waals surface area contributed by atoms with Gasteiger partial charge in [-0.3, -0.25) is 9.59 Å². The van der Waals surface area contributed by atoms with E-state index >= 15 is 0 Å². The Bertz CT molecular complexity index is 382. The van der Waals surface area contributed by atoms with Crippen molar-refractivity contribution in [3.05, 3.63) is 12.2 Å². The number of ether oxygens (including phenoxy) is 2. The van der Waals surface area contributed by atoms with Gasteiger partial charge in [0.2, 0.25) is 5.91 Å². The van der Waals surface area contributed by atoms with E-state index in [9.17, 15) is 9.59 Å². The van der Waals surface area contributed by atoms with E-state index in [-0.39, 0.29) is 5.97 Å². The molecule has 1 aliphatic rings. The molecule has 1 heterocycles. The summed E-state index contributed by atoms with van der Waals surface area (Å²) in [5, 5.41) is 0. The number of carbonyl (C=O) groups excluding carboxylic acids is 3. The summed E-state index contributed by atoms with van der Waals surface area (Å²) in [5.74, 6) is 0.0684. The molecule has 0 spiro atoms. The van der Waals surface area contributed by atoms with Gasteiger partial charge in [0.25, 0.3) is 6.47 Å². The molecule has 0 aromatic rings. The lowest BCUT2D eigenvalue weighted by Crippen LogP contribution is -2.25. The van der Waals surface area contributed by atoms with Gasteiger partial charge in [-0.2, -0.15) is 0 Å². The van der Waals surface area contributed by atoms with E-state index in [0.29, 0.717) is 19.0 Å². The third kappa shape index (κ3) is 12.7.